The van der Waals surface area contributed by atoms with Crippen LogP contribution in [0.3, 0.4) is 0 Å². The van der Waals surface area contributed by atoms with Gasteiger partial charge in [0, 0.05) is 38.4 Å². The van der Waals surface area contributed by atoms with Gasteiger partial charge >= 0.3 is 0 Å². The van der Waals surface area contributed by atoms with Gasteiger partial charge in [0.25, 0.3) is 0 Å². The van der Waals surface area contributed by atoms with E-state index in [1.807, 2.05) is 7.05 Å². The lowest BCUT2D eigenvalue weighted by Gasteiger charge is -2.29. The number of hydrogen-bond donors (Lipinski definition) is 2. The molecule has 0 aliphatic carbocycles. The lowest BCUT2D eigenvalue weighted by atomic mass is 9.94. The molecule has 5 nitrogen and oxygen atoms in total. The van der Waals surface area contributed by atoms with Crippen molar-refractivity contribution in [3.8, 4) is 0 Å². The molecule has 6 heteroatoms. The molecule has 2 N–H and O–H groups in total. The third kappa shape index (κ3) is 6.68. The van der Waals surface area contributed by atoms with Crippen LogP contribution in [0.1, 0.15) is 25.7 Å². The minimum Gasteiger partial charge on any atom is -0.356 e. The van der Waals surface area contributed by atoms with Crippen molar-refractivity contribution in [3.05, 3.63) is 36.5 Å². The maximum Gasteiger partial charge on any atom is 0.190 e. The first kappa shape index (κ1) is 22.0. The van der Waals surface area contributed by atoms with E-state index in [1.54, 1.807) is 0 Å². The van der Waals surface area contributed by atoms with Crippen LogP contribution in [-0.4, -0.2) is 55.7 Å². The largest absolute Gasteiger partial charge is 0.356 e. The number of para-hydroxylation sites is 1. The van der Waals surface area contributed by atoms with Crippen LogP contribution < -0.4 is 10.6 Å². The van der Waals surface area contributed by atoms with E-state index in [-0.39, 0.29) is 24.0 Å². The average molecular weight is 483 g/mol. The minimum atomic E-state index is 0. The predicted molar refractivity (Wildman–Crippen MR) is 126 cm³/mol. The number of likely N-dealkylation sites (tertiary alicyclic amines) is 1. The summed E-state index contributed by atoms with van der Waals surface area (Å²) in [7, 11) is 4.07. The molecule has 150 valence electrons. The first-order chi connectivity index (χ1) is 12.8. The fourth-order valence-corrected chi connectivity index (χ4v) is 3.76. The Hall–Kier alpha value is -1.28. The van der Waals surface area contributed by atoms with Gasteiger partial charge in [-0.25, -0.2) is 0 Å². The zero-order valence-corrected chi connectivity index (χ0v) is 19.0. The van der Waals surface area contributed by atoms with Crippen molar-refractivity contribution in [2.75, 3.05) is 40.3 Å². The van der Waals surface area contributed by atoms with Gasteiger partial charge in [0.15, 0.2) is 5.96 Å². The molecule has 1 aliphatic heterocycles. The summed E-state index contributed by atoms with van der Waals surface area (Å²) in [6, 6.07) is 10.7. The van der Waals surface area contributed by atoms with Gasteiger partial charge in [-0.1, -0.05) is 18.2 Å². The zero-order valence-electron chi connectivity index (χ0n) is 16.7. The van der Waals surface area contributed by atoms with E-state index in [0.29, 0.717) is 0 Å². The molecular formula is C21H34IN5. The Morgan fingerprint density at radius 1 is 1.11 bits per heavy atom. The monoisotopic (exact) mass is 483 g/mol. The number of aryl methyl sites for hydroxylation is 1. The van der Waals surface area contributed by atoms with Gasteiger partial charge < -0.3 is 20.1 Å². The van der Waals surface area contributed by atoms with Crippen LogP contribution in [0.15, 0.2) is 41.5 Å². The lowest BCUT2D eigenvalue weighted by Crippen LogP contribution is -2.39. The van der Waals surface area contributed by atoms with Crippen molar-refractivity contribution in [1.82, 2.24) is 20.1 Å². The molecule has 0 saturated carbocycles. The van der Waals surface area contributed by atoms with Crippen LogP contribution in [0.25, 0.3) is 10.9 Å². The Labute approximate surface area is 180 Å². The Morgan fingerprint density at radius 3 is 2.63 bits per heavy atom. The summed E-state index contributed by atoms with van der Waals surface area (Å²) in [5, 5.41) is 8.22. The number of piperidine rings is 1. The SMILES string of the molecule is CN=C(NCCCn1ccc2ccccc21)NCCC1CCN(C)CC1.I. The second-order valence-corrected chi connectivity index (χ2v) is 7.38. The van der Waals surface area contributed by atoms with E-state index in [1.165, 1.54) is 43.3 Å². The summed E-state index contributed by atoms with van der Waals surface area (Å²) in [4.78, 5) is 6.78. The standard InChI is InChI=1S/C21H33N5.HI/c1-22-21(24-13-8-18-9-15-25(2)16-10-18)23-12-5-14-26-17-11-19-6-3-4-7-20(19)26;/h3-4,6-7,11,17-18H,5,8-10,12-16H2,1-2H3,(H2,22,23,24);1H. The molecule has 0 bridgehead atoms. The number of guanidine groups is 1. The molecule has 27 heavy (non-hydrogen) atoms. The highest BCUT2D eigenvalue weighted by Crippen LogP contribution is 2.18. The third-order valence-electron chi connectivity index (χ3n) is 5.46. The van der Waals surface area contributed by atoms with Crippen LogP contribution in [0, 0.1) is 5.92 Å². The molecule has 1 aromatic heterocycles. The summed E-state index contributed by atoms with van der Waals surface area (Å²) >= 11 is 0. The molecule has 0 unspecified atom stereocenters. The van der Waals surface area contributed by atoms with Gasteiger partial charge in [0.1, 0.15) is 0 Å². The summed E-state index contributed by atoms with van der Waals surface area (Å²) in [6.45, 7) is 5.45. The molecule has 2 heterocycles. The lowest BCUT2D eigenvalue weighted by molar-refractivity contribution is 0.213. The second-order valence-electron chi connectivity index (χ2n) is 7.38. The van der Waals surface area contributed by atoms with E-state index >= 15 is 0 Å². The Kier molecular flexibility index (Phi) is 9.41. The topological polar surface area (TPSA) is 44.6 Å². The number of rotatable bonds is 7. The number of aliphatic imine (C=N–C) groups is 1. The van der Waals surface area contributed by atoms with Crippen molar-refractivity contribution < 1.29 is 0 Å². The summed E-state index contributed by atoms with van der Waals surface area (Å²) in [5.41, 5.74) is 1.31. The Bertz CT molecular complexity index is 703. The Morgan fingerprint density at radius 2 is 1.85 bits per heavy atom. The van der Waals surface area contributed by atoms with Crippen molar-refractivity contribution in [2.24, 2.45) is 10.9 Å². The van der Waals surface area contributed by atoms with Gasteiger partial charge in [-0.05, 0) is 69.3 Å². The van der Waals surface area contributed by atoms with E-state index < -0.39 is 0 Å². The van der Waals surface area contributed by atoms with E-state index in [9.17, 15) is 0 Å². The highest BCUT2D eigenvalue weighted by Gasteiger charge is 2.16. The van der Waals surface area contributed by atoms with E-state index in [4.69, 9.17) is 0 Å². The smallest absolute Gasteiger partial charge is 0.190 e. The first-order valence-corrected chi connectivity index (χ1v) is 9.93. The van der Waals surface area contributed by atoms with Gasteiger partial charge in [-0.2, -0.15) is 0 Å². The molecule has 1 aliphatic rings. The van der Waals surface area contributed by atoms with Gasteiger partial charge in [0.05, 0.1) is 0 Å². The first-order valence-electron chi connectivity index (χ1n) is 9.93. The van der Waals surface area contributed by atoms with Crippen LogP contribution in [0.4, 0.5) is 0 Å². The number of benzene rings is 1. The van der Waals surface area contributed by atoms with Crippen molar-refractivity contribution >= 4 is 40.8 Å². The minimum absolute atomic E-state index is 0. The number of halogens is 1. The fourth-order valence-electron chi connectivity index (χ4n) is 3.76. The summed E-state index contributed by atoms with van der Waals surface area (Å²) in [5.74, 6) is 1.79. The van der Waals surface area contributed by atoms with Crippen LogP contribution in [0.2, 0.25) is 0 Å². The van der Waals surface area contributed by atoms with E-state index in [0.717, 1.165) is 37.9 Å². The quantitative estimate of drug-likeness (QED) is 0.274. The number of hydrogen-bond acceptors (Lipinski definition) is 2. The zero-order chi connectivity index (χ0) is 18.2. The molecule has 1 fully saturated rings. The van der Waals surface area contributed by atoms with Crippen molar-refractivity contribution in [1.29, 1.82) is 0 Å². The predicted octanol–water partition coefficient (Wildman–Crippen LogP) is 3.55. The Balaban J connectivity index is 0.00000261. The van der Waals surface area contributed by atoms with Crippen molar-refractivity contribution in [3.63, 3.8) is 0 Å². The molecule has 2 aromatic rings. The maximum atomic E-state index is 4.35. The van der Waals surface area contributed by atoms with E-state index in [2.05, 4.69) is 68.7 Å². The second kappa shape index (κ2) is 11.5. The third-order valence-corrected chi connectivity index (χ3v) is 5.46. The number of nitrogens with one attached hydrogen (secondary N) is 2. The molecule has 0 radical (unpaired) electrons. The van der Waals surface area contributed by atoms with Crippen LogP contribution in [-0.2, 0) is 6.54 Å². The highest BCUT2D eigenvalue weighted by atomic mass is 127. The summed E-state index contributed by atoms with van der Waals surface area (Å²) in [6.07, 6.45) is 7.15. The molecule has 3 rings (SSSR count). The average Bonchev–Trinajstić information content (AvgIpc) is 3.08. The van der Waals surface area contributed by atoms with Crippen LogP contribution in [0.5, 0.6) is 0 Å². The fraction of sp³-hybridized carbons (Fsp3) is 0.571. The number of nitrogens with zero attached hydrogens (tertiary/aromatic N) is 3. The molecule has 0 spiro atoms. The van der Waals surface area contributed by atoms with Crippen molar-refractivity contribution in [2.45, 2.75) is 32.2 Å². The number of aromatic nitrogens is 1. The molecule has 0 amide bonds. The molecule has 0 atom stereocenters. The van der Waals surface area contributed by atoms with Gasteiger partial charge in [-0.15, -0.1) is 24.0 Å². The maximum absolute atomic E-state index is 4.35. The molecule has 1 saturated heterocycles. The molecule has 1 aromatic carbocycles. The van der Waals surface area contributed by atoms with Gasteiger partial charge in [0.2, 0.25) is 0 Å². The van der Waals surface area contributed by atoms with Crippen LogP contribution >= 0.6 is 24.0 Å². The normalized spacial score (nSPS) is 16.3. The highest BCUT2D eigenvalue weighted by molar-refractivity contribution is 14.0. The van der Waals surface area contributed by atoms with Gasteiger partial charge in [-0.3, -0.25) is 4.99 Å². The molecular weight excluding hydrogens is 449 g/mol. The number of fused-ring (bicyclic) bond motifs is 1. The summed E-state index contributed by atoms with van der Waals surface area (Å²) < 4.78 is 2.33.